The molecule has 0 saturated heterocycles. The maximum Gasteiger partial charge on any atom is 0.331 e. The summed E-state index contributed by atoms with van der Waals surface area (Å²) in [5, 5.41) is 3.56. The molecule has 1 unspecified atom stereocenters. The highest BCUT2D eigenvalue weighted by Crippen LogP contribution is 2.37. The van der Waals surface area contributed by atoms with E-state index in [-0.39, 0.29) is 17.5 Å². The summed E-state index contributed by atoms with van der Waals surface area (Å²) >= 11 is 0. The van der Waals surface area contributed by atoms with Gasteiger partial charge in [0, 0.05) is 25.0 Å². The van der Waals surface area contributed by atoms with Crippen LogP contribution in [0.15, 0.2) is 53.3 Å². The average molecular weight is 488 g/mol. The number of para-hydroxylation sites is 1. The number of nitrogens with one attached hydrogen (secondary N) is 1. The molecule has 1 N–H and O–H groups in total. The SMILES string of the molecule is CCCn1c2nc(C3CCCC3)nc-2c2n(c1=O)CC(Cc1cccc(Oc3ccccc3F)c1)N2. The second kappa shape index (κ2) is 9.41. The van der Waals surface area contributed by atoms with E-state index in [0.717, 1.165) is 42.2 Å². The van der Waals surface area contributed by atoms with Crippen LogP contribution in [0.1, 0.15) is 56.3 Å². The second-order valence-corrected chi connectivity index (χ2v) is 9.85. The number of imidazole rings is 1. The highest BCUT2D eigenvalue weighted by atomic mass is 19.1. The van der Waals surface area contributed by atoms with Gasteiger partial charge in [-0.1, -0.05) is 44.0 Å². The summed E-state index contributed by atoms with van der Waals surface area (Å²) in [6.07, 6.45) is 6.20. The van der Waals surface area contributed by atoms with Gasteiger partial charge in [0.1, 0.15) is 23.1 Å². The lowest BCUT2D eigenvalue weighted by Crippen LogP contribution is -2.32. The summed E-state index contributed by atoms with van der Waals surface area (Å²) in [5.41, 5.74) is 1.80. The molecule has 0 bridgehead atoms. The second-order valence-electron chi connectivity index (χ2n) is 9.85. The molecule has 0 amide bonds. The summed E-state index contributed by atoms with van der Waals surface area (Å²) in [4.78, 5) is 23.3. The Bertz CT molecular complexity index is 1420. The standard InChI is InChI=1S/C28H30FN5O2/c1-2-14-33-27-24(31-25(32-27)19-9-3-4-10-19)26-30-20(17-34(26)28(33)35)15-18-8-7-11-21(16-18)36-23-13-6-5-12-22(23)29/h5-8,11-13,16,19-20,30H,2-4,9-10,14-15,17H2,1H3. The molecule has 36 heavy (non-hydrogen) atoms. The first-order chi connectivity index (χ1) is 17.6. The molecule has 2 aromatic rings. The van der Waals surface area contributed by atoms with Crippen molar-refractivity contribution in [3.8, 4) is 23.0 Å². The fraction of sp³-hybridized carbons (Fsp3) is 0.393. The maximum atomic E-state index is 14.0. The topological polar surface area (TPSA) is 74.0 Å². The lowest BCUT2D eigenvalue weighted by atomic mass is 10.1. The van der Waals surface area contributed by atoms with Gasteiger partial charge in [0.2, 0.25) is 0 Å². The lowest BCUT2D eigenvalue weighted by molar-refractivity contribution is 0.441. The van der Waals surface area contributed by atoms with E-state index in [0.29, 0.717) is 37.0 Å². The normalized spacial score (nSPS) is 17.4. The number of nitrogens with zero attached hydrogens (tertiary/aromatic N) is 4. The molecular weight excluding hydrogens is 457 g/mol. The summed E-state index contributed by atoms with van der Waals surface area (Å²) in [7, 11) is 0. The van der Waals surface area contributed by atoms with Gasteiger partial charge in [-0.25, -0.2) is 19.2 Å². The summed E-state index contributed by atoms with van der Waals surface area (Å²) < 4.78 is 23.4. The highest BCUT2D eigenvalue weighted by molar-refractivity contribution is 5.70. The van der Waals surface area contributed by atoms with Crippen molar-refractivity contribution in [2.45, 2.75) is 70.5 Å². The van der Waals surface area contributed by atoms with Crippen LogP contribution in [0.25, 0.3) is 11.5 Å². The minimum atomic E-state index is -0.396. The van der Waals surface area contributed by atoms with Gasteiger partial charge in [0.15, 0.2) is 17.4 Å². The first kappa shape index (κ1) is 22.8. The van der Waals surface area contributed by atoms with Gasteiger partial charge >= 0.3 is 5.69 Å². The zero-order chi connectivity index (χ0) is 24.6. The van der Waals surface area contributed by atoms with E-state index in [1.807, 2.05) is 28.8 Å². The van der Waals surface area contributed by atoms with E-state index in [1.54, 1.807) is 22.8 Å². The number of halogens is 1. The van der Waals surface area contributed by atoms with Crippen molar-refractivity contribution in [1.82, 2.24) is 19.1 Å². The predicted molar refractivity (Wildman–Crippen MR) is 136 cm³/mol. The molecule has 6 rings (SSSR count). The van der Waals surface area contributed by atoms with Gasteiger partial charge in [-0.05, 0) is 55.5 Å². The monoisotopic (exact) mass is 487 g/mol. The average Bonchev–Trinajstić information content (AvgIpc) is 3.63. The van der Waals surface area contributed by atoms with Crippen molar-refractivity contribution >= 4 is 5.82 Å². The fourth-order valence-corrected chi connectivity index (χ4v) is 5.52. The maximum absolute atomic E-state index is 14.0. The number of aromatic nitrogens is 4. The highest BCUT2D eigenvalue weighted by Gasteiger charge is 2.33. The summed E-state index contributed by atoms with van der Waals surface area (Å²) in [6, 6.07) is 14.1. The van der Waals surface area contributed by atoms with Crippen LogP contribution in [0.3, 0.4) is 0 Å². The van der Waals surface area contributed by atoms with E-state index >= 15 is 0 Å². The van der Waals surface area contributed by atoms with Crippen LogP contribution >= 0.6 is 0 Å². The third-order valence-electron chi connectivity index (χ3n) is 7.23. The molecule has 2 aromatic carbocycles. The van der Waals surface area contributed by atoms with Crippen LogP contribution in [-0.2, 0) is 19.5 Å². The van der Waals surface area contributed by atoms with Crippen molar-refractivity contribution in [1.29, 1.82) is 0 Å². The predicted octanol–water partition coefficient (Wildman–Crippen LogP) is 5.58. The van der Waals surface area contributed by atoms with Crippen molar-refractivity contribution in [2.75, 3.05) is 5.32 Å². The number of rotatable bonds is 7. The van der Waals surface area contributed by atoms with Gasteiger partial charge in [0.25, 0.3) is 0 Å². The van der Waals surface area contributed by atoms with Crippen molar-refractivity contribution in [3.63, 3.8) is 0 Å². The van der Waals surface area contributed by atoms with Crippen molar-refractivity contribution in [2.24, 2.45) is 0 Å². The number of hydrogen-bond donors (Lipinski definition) is 1. The molecule has 7 nitrogen and oxygen atoms in total. The number of ether oxygens (including phenoxy) is 1. The molecule has 1 atom stereocenters. The molecule has 1 aliphatic carbocycles. The zero-order valence-electron chi connectivity index (χ0n) is 20.4. The van der Waals surface area contributed by atoms with Crippen LogP contribution in [0.4, 0.5) is 10.2 Å². The Hall–Kier alpha value is -3.68. The third-order valence-corrected chi connectivity index (χ3v) is 7.23. The molecule has 3 aliphatic heterocycles. The molecule has 1 fully saturated rings. The molecule has 1 saturated carbocycles. The molecule has 3 heterocycles. The number of fused-ring (bicyclic) bond motifs is 3. The van der Waals surface area contributed by atoms with Gasteiger partial charge in [-0.3, -0.25) is 9.13 Å². The van der Waals surface area contributed by atoms with E-state index in [4.69, 9.17) is 14.7 Å². The van der Waals surface area contributed by atoms with E-state index in [2.05, 4.69) is 12.2 Å². The first-order valence-corrected chi connectivity index (χ1v) is 12.9. The molecule has 186 valence electrons. The fourth-order valence-electron chi connectivity index (χ4n) is 5.52. The summed E-state index contributed by atoms with van der Waals surface area (Å²) in [6.45, 7) is 3.25. The third kappa shape index (κ3) is 4.14. The zero-order valence-corrected chi connectivity index (χ0v) is 20.4. The number of anilines is 1. The smallest absolute Gasteiger partial charge is 0.331 e. The molecule has 0 aromatic heterocycles. The molecule has 0 spiro atoms. The van der Waals surface area contributed by atoms with Gasteiger partial charge in [-0.2, -0.15) is 0 Å². The van der Waals surface area contributed by atoms with Crippen LogP contribution in [0.2, 0.25) is 0 Å². The summed E-state index contributed by atoms with van der Waals surface area (Å²) in [5.74, 6) is 3.11. The molecule has 0 radical (unpaired) electrons. The van der Waals surface area contributed by atoms with Crippen LogP contribution in [-0.4, -0.2) is 25.1 Å². The minimum Gasteiger partial charge on any atom is -0.454 e. The number of hydrogen-bond acceptors (Lipinski definition) is 5. The Morgan fingerprint density at radius 1 is 1.11 bits per heavy atom. The Labute approximate surface area is 209 Å². The molecule has 4 aliphatic rings. The van der Waals surface area contributed by atoms with E-state index < -0.39 is 5.82 Å². The largest absolute Gasteiger partial charge is 0.454 e. The Balaban J connectivity index is 1.27. The van der Waals surface area contributed by atoms with E-state index in [1.165, 1.54) is 18.9 Å². The Kier molecular flexibility index (Phi) is 5.95. The van der Waals surface area contributed by atoms with Crippen LogP contribution in [0, 0.1) is 5.82 Å². The van der Waals surface area contributed by atoms with Crippen molar-refractivity contribution < 1.29 is 9.13 Å². The van der Waals surface area contributed by atoms with Gasteiger partial charge in [0.05, 0.1) is 0 Å². The van der Waals surface area contributed by atoms with E-state index in [9.17, 15) is 9.18 Å². The van der Waals surface area contributed by atoms with Gasteiger partial charge in [-0.15, -0.1) is 0 Å². The lowest BCUT2D eigenvalue weighted by Gasteiger charge is -2.13. The number of benzene rings is 2. The molecule has 8 heteroatoms. The first-order valence-electron chi connectivity index (χ1n) is 12.9. The van der Waals surface area contributed by atoms with Crippen LogP contribution in [0.5, 0.6) is 11.5 Å². The van der Waals surface area contributed by atoms with Gasteiger partial charge < -0.3 is 10.1 Å². The Morgan fingerprint density at radius 3 is 2.75 bits per heavy atom. The Morgan fingerprint density at radius 2 is 1.94 bits per heavy atom. The van der Waals surface area contributed by atoms with Crippen LogP contribution < -0.4 is 15.7 Å². The quantitative estimate of drug-likeness (QED) is 0.368. The molecular formula is C28H30FN5O2. The minimum absolute atomic E-state index is 0.0220. The van der Waals surface area contributed by atoms with Crippen molar-refractivity contribution in [3.05, 3.63) is 76.2 Å².